The van der Waals surface area contributed by atoms with Crippen molar-refractivity contribution < 1.29 is 32.2 Å². The van der Waals surface area contributed by atoms with Crippen LogP contribution in [0.4, 0.5) is 18.0 Å². The lowest BCUT2D eigenvalue weighted by Gasteiger charge is -2.48. The van der Waals surface area contributed by atoms with E-state index in [4.69, 9.17) is 16.2 Å². The molecule has 1 saturated heterocycles. The third-order valence-electron chi connectivity index (χ3n) is 8.31. The second kappa shape index (κ2) is 11.2. The molecular weight excluding hydrogens is 565 g/mol. The summed E-state index contributed by atoms with van der Waals surface area (Å²) in [7, 11) is 0. The number of alkyl halides is 3. The van der Waals surface area contributed by atoms with Gasteiger partial charge >= 0.3 is 12.5 Å². The molecule has 0 unspecified atom stereocenters. The molecule has 1 aliphatic carbocycles. The minimum atomic E-state index is -4.79. The lowest BCUT2D eigenvalue weighted by molar-refractivity contribution is -0.274. The maximum absolute atomic E-state index is 12.7. The first-order chi connectivity index (χ1) is 20.1. The van der Waals surface area contributed by atoms with E-state index in [1.165, 1.54) is 29.1 Å². The fourth-order valence-corrected chi connectivity index (χ4v) is 6.54. The normalized spacial score (nSPS) is 24.4. The molecule has 10 nitrogen and oxygen atoms in total. The van der Waals surface area contributed by atoms with Crippen molar-refractivity contribution in [2.24, 2.45) is 33.7 Å². The van der Waals surface area contributed by atoms with Gasteiger partial charge in [-0.05, 0) is 75.5 Å². The van der Waals surface area contributed by atoms with Crippen molar-refractivity contribution >= 4 is 17.7 Å². The van der Waals surface area contributed by atoms with E-state index in [0.717, 1.165) is 19.3 Å². The van der Waals surface area contributed by atoms with Crippen LogP contribution in [0.15, 0.2) is 52.9 Å². The van der Waals surface area contributed by atoms with E-state index in [1.54, 1.807) is 17.2 Å². The molecule has 0 radical (unpaired) electrons. The molecule has 2 amide bonds. The second-order valence-corrected chi connectivity index (χ2v) is 12.8. The Hall–Kier alpha value is -4.03. The van der Waals surface area contributed by atoms with Crippen LogP contribution < -0.4 is 16.2 Å². The second-order valence-electron chi connectivity index (χ2n) is 12.8. The molecule has 43 heavy (non-hydrogen) atoms. The molecule has 2 aromatic rings. The van der Waals surface area contributed by atoms with Crippen molar-refractivity contribution in [3.63, 3.8) is 0 Å². The van der Waals surface area contributed by atoms with Crippen molar-refractivity contribution in [2.75, 3.05) is 19.6 Å². The van der Waals surface area contributed by atoms with Gasteiger partial charge in [0, 0.05) is 43.0 Å². The number of carbonyl (C=O) groups excluding carboxylic acids is 2. The van der Waals surface area contributed by atoms with Gasteiger partial charge in [-0.3, -0.25) is 14.5 Å². The molecule has 5 rings (SSSR count). The van der Waals surface area contributed by atoms with Crippen LogP contribution in [-0.2, 0) is 16.1 Å². The molecule has 1 aromatic carbocycles. The van der Waals surface area contributed by atoms with Gasteiger partial charge in [0.1, 0.15) is 11.4 Å². The van der Waals surface area contributed by atoms with Gasteiger partial charge in [-0.25, -0.2) is 4.79 Å². The lowest BCUT2D eigenvalue weighted by atomic mass is 9.56. The monoisotopic (exact) mass is 602 g/mol. The summed E-state index contributed by atoms with van der Waals surface area (Å²) in [5.41, 5.74) is 14.0. The molecule has 3 heterocycles. The van der Waals surface area contributed by atoms with E-state index in [1.807, 2.05) is 20.8 Å². The summed E-state index contributed by atoms with van der Waals surface area (Å²) < 4.78 is 49.0. The Morgan fingerprint density at radius 1 is 1.19 bits per heavy atom. The van der Waals surface area contributed by atoms with E-state index in [-0.39, 0.29) is 41.2 Å². The summed E-state index contributed by atoms with van der Waals surface area (Å²) in [4.78, 5) is 31.8. The summed E-state index contributed by atoms with van der Waals surface area (Å²) in [6, 6.07) is 5.64. The number of carbonyl (C=O) groups is 2. The number of benzene rings is 1. The first-order valence-corrected chi connectivity index (χ1v) is 14.3. The van der Waals surface area contributed by atoms with Crippen molar-refractivity contribution in [1.82, 2.24) is 14.7 Å². The fourth-order valence-electron chi connectivity index (χ4n) is 6.54. The number of nitrogens with zero attached hydrogens (tertiary/aromatic N) is 4. The number of hydrogen-bond donors (Lipinski definition) is 2. The average Bonchev–Trinajstić information content (AvgIpc) is 3.47. The fraction of sp³-hybridized carbons (Fsp3) is 0.533. The number of rotatable bonds is 6. The van der Waals surface area contributed by atoms with Crippen LogP contribution in [-0.4, -0.2) is 64.0 Å². The zero-order valence-corrected chi connectivity index (χ0v) is 24.5. The molecule has 1 atom stereocenters. The summed E-state index contributed by atoms with van der Waals surface area (Å²) in [5.74, 6) is -0.858. The first-order valence-electron chi connectivity index (χ1n) is 14.3. The quantitative estimate of drug-likeness (QED) is 0.504. The average molecular weight is 603 g/mol. The smallest absolute Gasteiger partial charge is 0.444 e. The molecule has 1 spiro atoms. The SMILES string of the molecule is CC(C)(C)OC(=O)N1CCC2(CC([C@H]3CCN=C(c4cnn(Cc5cccc(OC(F)(F)F)c5)c4)C(C(N)=O)=C3N)C2)C1. The van der Waals surface area contributed by atoms with E-state index >= 15 is 0 Å². The van der Waals surface area contributed by atoms with Crippen LogP contribution in [0.3, 0.4) is 0 Å². The van der Waals surface area contributed by atoms with Gasteiger partial charge in [0.2, 0.25) is 0 Å². The van der Waals surface area contributed by atoms with Crippen LogP contribution in [0, 0.1) is 17.3 Å². The van der Waals surface area contributed by atoms with Crippen molar-refractivity contribution in [3.05, 3.63) is 59.1 Å². The van der Waals surface area contributed by atoms with Crippen molar-refractivity contribution in [2.45, 2.75) is 65.0 Å². The molecule has 1 aromatic heterocycles. The highest BCUT2D eigenvalue weighted by Gasteiger charge is 2.52. The van der Waals surface area contributed by atoms with E-state index in [2.05, 4.69) is 14.8 Å². The predicted molar refractivity (Wildman–Crippen MR) is 152 cm³/mol. The van der Waals surface area contributed by atoms with Crippen LogP contribution in [0.2, 0.25) is 0 Å². The van der Waals surface area contributed by atoms with Crippen LogP contribution in [0.1, 0.15) is 57.6 Å². The van der Waals surface area contributed by atoms with E-state index < -0.39 is 17.9 Å². The number of amides is 2. The number of aromatic nitrogens is 2. The Balaban J connectivity index is 1.28. The maximum Gasteiger partial charge on any atom is 0.573 e. The highest BCUT2D eigenvalue weighted by Crippen LogP contribution is 2.56. The third kappa shape index (κ3) is 6.97. The molecule has 232 valence electrons. The number of primary amides is 1. The van der Waals surface area contributed by atoms with Crippen LogP contribution in [0.5, 0.6) is 5.75 Å². The number of hydrogen-bond acceptors (Lipinski definition) is 7. The number of halogens is 3. The molecule has 13 heteroatoms. The number of ether oxygens (including phenoxy) is 2. The highest BCUT2D eigenvalue weighted by atomic mass is 19.4. The van der Waals surface area contributed by atoms with Gasteiger partial charge in [0.25, 0.3) is 5.91 Å². The third-order valence-corrected chi connectivity index (χ3v) is 8.31. The van der Waals surface area contributed by atoms with Crippen LogP contribution >= 0.6 is 0 Å². The first kappa shape index (κ1) is 30.4. The molecule has 1 saturated carbocycles. The Kier molecular flexibility index (Phi) is 7.95. The topological polar surface area (TPSA) is 138 Å². The van der Waals surface area contributed by atoms with Crippen LogP contribution in [0.25, 0.3) is 0 Å². The Morgan fingerprint density at radius 2 is 1.93 bits per heavy atom. The summed E-state index contributed by atoms with van der Waals surface area (Å²) in [5, 5.41) is 4.33. The standard InChI is InChI=1S/C30H37F3N6O4/c1-28(2,3)43-27(41)38-10-8-29(17-38)12-19(13-29)22-7-9-36-25(23(24(22)34)26(35)40)20-14-37-39(16-20)15-18-5-4-6-21(11-18)42-30(31,32)33/h4-6,11,14,16,19,22H,7-10,12-13,15,17,34H2,1-3H3,(H2,35,40)/t19?,22-,29?/m1/s1. The predicted octanol–water partition coefficient (Wildman–Crippen LogP) is 4.37. The summed E-state index contributed by atoms with van der Waals surface area (Å²) in [6.07, 6.45) is 1.43. The Morgan fingerprint density at radius 3 is 2.60 bits per heavy atom. The van der Waals surface area contributed by atoms with Gasteiger partial charge in [-0.2, -0.15) is 5.10 Å². The lowest BCUT2D eigenvalue weighted by Crippen LogP contribution is -2.45. The van der Waals surface area contributed by atoms with Gasteiger partial charge in [-0.1, -0.05) is 12.1 Å². The minimum absolute atomic E-state index is 0.0221. The summed E-state index contributed by atoms with van der Waals surface area (Å²) in [6.45, 7) is 7.46. The number of aliphatic imine (C=N–C) groups is 1. The van der Waals surface area contributed by atoms with Crippen molar-refractivity contribution in [3.8, 4) is 5.75 Å². The number of likely N-dealkylation sites (tertiary alicyclic amines) is 1. The van der Waals surface area contributed by atoms with Gasteiger partial charge in [0.05, 0.1) is 24.0 Å². The van der Waals surface area contributed by atoms with E-state index in [9.17, 15) is 22.8 Å². The Labute approximate surface area is 247 Å². The van der Waals surface area contributed by atoms with Crippen molar-refractivity contribution in [1.29, 1.82) is 0 Å². The van der Waals surface area contributed by atoms with Gasteiger partial charge in [-0.15, -0.1) is 13.2 Å². The molecule has 4 N–H and O–H groups in total. The minimum Gasteiger partial charge on any atom is -0.444 e. The zero-order chi connectivity index (χ0) is 31.2. The molecule has 2 aliphatic heterocycles. The van der Waals surface area contributed by atoms with Gasteiger partial charge in [0.15, 0.2) is 0 Å². The number of allylic oxidation sites excluding steroid dienone is 1. The van der Waals surface area contributed by atoms with Gasteiger partial charge < -0.3 is 25.8 Å². The molecule has 3 aliphatic rings. The largest absolute Gasteiger partial charge is 0.573 e. The molecule has 2 fully saturated rings. The molecular formula is C30H37F3N6O4. The Bertz CT molecular complexity index is 1450. The van der Waals surface area contributed by atoms with E-state index in [0.29, 0.717) is 48.6 Å². The zero-order valence-electron chi connectivity index (χ0n) is 24.5. The highest BCUT2D eigenvalue weighted by molar-refractivity contribution is 6.28. The number of nitrogens with two attached hydrogens (primary N) is 2. The summed E-state index contributed by atoms with van der Waals surface area (Å²) >= 11 is 0. The maximum atomic E-state index is 12.7. The molecule has 0 bridgehead atoms.